The normalized spacial score (nSPS) is 13.6. The smallest absolute Gasteiger partial charge is 0.333 e. The van der Waals surface area contributed by atoms with Gasteiger partial charge in [0.2, 0.25) is 0 Å². The van der Waals surface area contributed by atoms with E-state index >= 15 is 0 Å². The lowest BCUT2D eigenvalue weighted by Crippen LogP contribution is -2.08. The third-order valence-corrected chi connectivity index (χ3v) is 4.65. The molecule has 6 heteroatoms. The fourth-order valence-electron chi connectivity index (χ4n) is 1.54. The second-order valence-electron chi connectivity index (χ2n) is 3.70. The van der Waals surface area contributed by atoms with Crippen LogP contribution in [0.3, 0.4) is 0 Å². The molecule has 102 valence electrons. The molecule has 1 N–H and O–H groups in total. The van der Waals surface area contributed by atoms with E-state index in [0.717, 1.165) is 0 Å². The Hall–Kier alpha value is -0.380. The summed E-state index contributed by atoms with van der Waals surface area (Å²) in [6, 6.07) is 6.73. The molecule has 1 unspecified atom stereocenters. The van der Waals surface area contributed by atoms with E-state index in [9.17, 15) is 9.67 Å². The quantitative estimate of drug-likeness (QED) is 0.780. The molecule has 0 bridgehead atoms. The number of halogens is 1. The Balaban J connectivity index is 2.74. The van der Waals surface area contributed by atoms with Gasteiger partial charge in [0.05, 0.1) is 25.5 Å². The first-order valence-corrected chi connectivity index (χ1v) is 7.93. The van der Waals surface area contributed by atoms with Crippen LogP contribution in [0.4, 0.5) is 0 Å². The van der Waals surface area contributed by atoms with Crippen molar-refractivity contribution in [1.82, 2.24) is 0 Å². The summed E-state index contributed by atoms with van der Waals surface area (Å²) in [5, 5.41) is 10.6. The summed E-state index contributed by atoms with van der Waals surface area (Å²) in [5.74, 6) is 0. The molecule has 0 fully saturated rings. The van der Waals surface area contributed by atoms with Crippen LogP contribution in [0, 0.1) is 0 Å². The minimum absolute atomic E-state index is 0.0592. The lowest BCUT2D eigenvalue weighted by atomic mass is 10.1. The molecule has 0 aliphatic heterocycles. The monoisotopic (exact) mass is 292 g/mol. The van der Waals surface area contributed by atoms with Gasteiger partial charge in [0.15, 0.2) is 0 Å². The Labute approximate surface area is 112 Å². The highest BCUT2D eigenvalue weighted by Gasteiger charge is 2.28. The number of hydrogen-bond donors (Lipinski definition) is 1. The first kappa shape index (κ1) is 15.7. The van der Waals surface area contributed by atoms with E-state index in [1.54, 1.807) is 38.1 Å². The highest BCUT2D eigenvalue weighted by atomic mass is 35.5. The maximum absolute atomic E-state index is 12.2. The van der Waals surface area contributed by atoms with Crippen molar-refractivity contribution in [3.05, 3.63) is 34.9 Å². The maximum Gasteiger partial charge on any atom is 0.333 e. The van der Waals surface area contributed by atoms with Gasteiger partial charge in [-0.2, -0.15) is 0 Å². The fourth-order valence-corrected chi connectivity index (χ4v) is 3.37. The highest BCUT2D eigenvalue weighted by Crippen LogP contribution is 2.50. The van der Waals surface area contributed by atoms with Gasteiger partial charge in [0, 0.05) is 5.02 Å². The van der Waals surface area contributed by atoms with Gasteiger partial charge in [-0.1, -0.05) is 23.7 Å². The molecule has 0 aliphatic carbocycles. The first-order valence-electron chi connectivity index (χ1n) is 5.82. The standard InChI is InChI=1S/C12H18ClO4P/c1-3-16-18(15,17-4-2)9-12(14)10-5-7-11(13)8-6-10/h5-8,12,14H,3-4,9H2,1-2H3. The average molecular weight is 293 g/mol. The van der Waals surface area contributed by atoms with E-state index in [0.29, 0.717) is 10.6 Å². The molecule has 0 aliphatic rings. The van der Waals surface area contributed by atoms with Crippen LogP contribution in [0.25, 0.3) is 0 Å². The SMILES string of the molecule is CCOP(=O)(CC(O)c1ccc(Cl)cc1)OCC. The summed E-state index contributed by atoms with van der Waals surface area (Å²) < 4.78 is 22.5. The largest absolute Gasteiger partial charge is 0.388 e. The summed E-state index contributed by atoms with van der Waals surface area (Å²) in [4.78, 5) is 0. The zero-order valence-electron chi connectivity index (χ0n) is 10.5. The van der Waals surface area contributed by atoms with Crippen LogP contribution in [0.2, 0.25) is 5.02 Å². The lowest BCUT2D eigenvalue weighted by molar-refractivity contribution is 0.170. The van der Waals surface area contributed by atoms with Gasteiger partial charge in [-0.15, -0.1) is 0 Å². The molecular weight excluding hydrogens is 275 g/mol. The van der Waals surface area contributed by atoms with Gasteiger partial charge in [0.1, 0.15) is 0 Å². The van der Waals surface area contributed by atoms with Crippen LogP contribution in [0.15, 0.2) is 24.3 Å². The minimum atomic E-state index is -3.24. The van der Waals surface area contributed by atoms with Gasteiger partial charge >= 0.3 is 7.60 Å². The molecule has 0 saturated heterocycles. The third kappa shape index (κ3) is 4.71. The molecule has 0 spiro atoms. The predicted octanol–water partition coefficient (Wildman–Crippen LogP) is 3.64. The summed E-state index contributed by atoms with van der Waals surface area (Å²) in [6.07, 6.45) is -0.956. The molecule has 0 amide bonds. The number of benzene rings is 1. The molecule has 0 aromatic heterocycles. The van der Waals surface area contributed by atoms with Gasteiger partial charge in [-0.05, 0) is 31.5 Å². The minimum Gasteiger partial charge on any atom is -0.388 e. The Morgan fingerprint density at radius 1 is 1.22 bits per heavy atom. The molecule has 1 rings (SSSR count). The number of rotatable bonds is 7. The van der Waals surface area contributed by atoms with Crippen LogP contribution >= 0.6 is 19.2 Å². The van der Waals surface area contributed by atoms with Crippen molar-refractivity contribution in [1.29, 1.82) is 0 Å². The van der Waals surface area contributed by atoms with E-state index in [2.05, 4.69) is 0 Å². The van der Waals surface area contributed by atoms with Crippen LogP contribution in [0.1, 0.15) is 25.5 Å². The van der Waals surface area contributed by atoms with Crippen LogP contribution in [-0.2, 0) is 13.6 Å². The van der Waals surface area contributed by atoms with Crippen molar-refractivity contribution < 1.29 is 18.7 Å². The second kappa shape index (κ2) is 7.27. The topological polar surface area (TPSA) is 55.8 Å². The second-order valence-corrected chi connectivity index (χ2v) is 6.24. The predicted molar refractivity (Wildman–Crippen MR) is 72.1 cm³/mol. The summed E-state index contributed by atoms with van der Waals surface area (Å²) >= 11 is 5.76. The number of hydrogen-bond acceptors (Lipinski definition) is 4. The zero-order chi connectivity index (χ0) is 13.6. The number of aliphatic hydroxyl groups excluding tert-OH is 1. The summed E-state index contributed by atoms with van der Waals surface area (Å²) in [6.45, 7) is 4.04. The lowest BCUT2D eigenvalue weighted by Gasteiger charge is -2.20. The zero-order valence-corrected chi connectivity index (χ0v) is 12.2. The van der Waals surface area contributed by atoms with Gasteiger partial charge in [-0.3, -0.25) is 4.57 Å². The molecule has 1 aromatic carbocycles. The molecule has 4 nitrogen and oxygen atoms in total. The van der Waals surface area contributed by atoms with Crippen molar-refractivity contribution in [2.45, 2.75) is 20.0 Å². The van der Waals surface area contributed by atoms with Gasteiger partial charge in [-0.25, -0.2) is 0 Å². The van der Waals surface area contributed by atoms with Crippen LogP contribution in [0.5, 0.6) is 0 Å². The van der Waals surface area contributed by atoms with Crippen molar-refractivity contribution in [3.63, 3.8) is 0 Å². The maximum atomic E-state index is 12.2. The molecule has 1 atom stereocenters. The average Bonchev–Trinajstić information content (AvgIpc) is 2.30. The third-order valence-electron chi connectivity index (χ3n) is 2.30. The molecule has 1 aromatic rings. The van der Waals surface area contributed by atoms with Crippen molar-refractivity contribution in [2.75, 3.05) is 19.4 Å². The highest BCUT2D eigenvalue weighted by molar-refractivity contribution is 7.53. The Bertz CT molecular complexity index is 397. The van der Waals surface area contributed by atoms with E-state index in [4.69, 9.17) is 20.6 Å². The summed E-state index contributed by atoms with van der Waals surface area (Å²) in [7, 11) is -3.24. The van der Waals surface area contributed by atoms with Crippen LogP contribution in [-0.4, -0.2) is 24.5 Å². The van der Waals surface area contributed by atoms with E-state index in [1.807, 2.05) is 0 Å². The van der Waals surface area contributed by atoms with Crippen molar-refractivity contribution >= 4 is 19.2 Å². The fraction of sp³-hybridized carbons (Fsp3) is 0.500. The van der Waals surface area contributed by atoms with Gasteiger partial charge in [0.25, 0.3) is 0 Å². The van der Waals surface area contributed by atoms with Crippen molar-refractivity contribution in [3.8, 4) is 0 Å². The molecule has 0 heterocycles. The molecule has 18 heavy (non-hydrogen) atoms. The van der Waals surface area contributed by atoms with E-state index in [1.165, 1.54) is 0 Å². The van der Waals surface area contributed by atoms with E-state index < -0.39 is 13.7 Å². The Kier molecular flexibility index (Phi) is 6.33. The van der Waals surface area contributed by atoms with Gasteiger partial charge < -0.3 is 14.2 Å². The Morgan fingerprint density at radius 3 is 2.17 bits per heavy atom. The first-order chi connectivity index (χ1) is 8.50. The molecular formula is C12H18ClO4P. The molecule has 0 saturated carbocycles. The van der Waals surface area contributed by atoms with E-state index in [-0.39, 0.29) is 19.4 Å². The van der Waals surface area contributed by atoms with Crippen molar-refractivity contribution in [2.24, 2.45) is 0 Å². The summed E-state index contributed by atoms with van der Waals surface area (Å²) in [5.41, 5.74) is 0.638. The Morgan fingerprint density at radius 2 is 1.72 bits per heavy atom. The van der Waals surface area contributed by atoms with Crippen LogP contribution < -0.4 is 0 Å². The molecule has 0 radical (unpaired) electrons. The number of aliphatic hydroxyl groups is 1.